The zero-order valence-electron chi connectivity index (χ0n) is 10.4. The van der Waals surface area contributed by atoms with Crippen molar-refractivity contribution >= 4 is 17.3 Å². The van der Waals surface area contributed by atoms with Crippen molar-refractivity contribution in [2.45, 2.75) is 6.42 Å². The van der Waals surface area contributed by atoms with E-state index in [4.69, 9.17) is 15.0 Å². The molecule has 7 nitrogen and oxygen atoms in total. The van der Waals surface area contributed by atoms with Gasteiger partial charge >= 0.3 is 5.97 Å². The van der Waals surface area contributed by atoms with E-state index in [1.165, 1.54) is 13.4 Å². The second kappa shape index (κ2) is 5.85. The van der Waals surface area contributed by atoms with Crippen LogP contribution in [0.5, 0.6) is 0 Å². The summed E-state index contributed by atoms with van der Waals surface area (Å²) < 4.78 is 9.59. The SMILES string of the molecule is COC(=O)c1cc(N)ccc1NCCc1ncno1. The number of nitrogens with one attached hydrogen (secondary N) is 1. The summed E-state index contributed by atoms with van der Waals surface area (Å²) in [6.07, 6.45) is 1.91. The van der Waals surface area contributed by atoms with Crippen molar-refractivity contribution < 1.29 is 14.1 Å². The number of nitrogens with two attached hydrogens (primary N) is 1. The highest BCUT2D eigenvalue weighted by molar-refractivity contribution is 5.96. The van der Waals surface area contributed by atoms with Crippen LogP contribution in [0.2, 0.25) is 0 Å². The smallest absolute Gasteiger partial charge is 0.340 e. The summed E-state index contributed by atoms with van der Waals surface area (Å²) in [5.74, 6) is 0.0927. The molecule has 1 aromatic carbocycles. The third-order valence-corrected chi connectivity index (χ3v) is 2.51. The summed E-state index contributed by atoms with van der Waals surface area (Å²) in [7, 11) is 1.33. The molecular weight excluding hydrogens is 248 g/mol. The lowest BCUT2D eigenvalue weighted by molar-refractivity contribution is 0.0602. The van der Waals surface area contributed by atoms with Gasteiger partial charge in [-0.1, -0.05) is 5.16 Å². The molecule has 3 N–H and O–H groups in total. The minimum Gasteiger partial charge on any atom is -0.465 e. The number of nitrogen functional groups attached to an aromatic ring is 1. The molecule has 19 heavy (non-hydrogen) atoms. The van der Waals surface area contributed by atoms with Gasteiger partial charge in [0.15, 0.2) is 6.33 Å². The lowest BCUT2D eigenvalue weighted by Crippen LogP contribution is -2.11. The molecule has 7 heteroatoms. The summed E-state index contributed by atoms with van der Waals surface area (Å²) in [6.45, 7) is 0.552. The fourth-order valence-electron chi connectivity index (χ4n) is 1.61. The molecule has 0 radical (unpaired) electrons. The lowest BCUT2D eigenvalue weighted by atomic mass is 10.1. The topological polar surface area (TPSA) is 103 Å². The van der Waals surface area contributed by atoms with Crippen LogP contribution in [0.25, 0.3) is 0 Å². The molecule has 0 saturated heterocycles. The number of carbonyl (C=O) groups is 1. The Morgan fingerprint density at radius 1 is 1.53 bits per heavy atom. The van der Waals surface area contributed by atoms with Crippen LogP contribution < -0.4 is 11.1 Å². The number of hydrogen-bond acceptors (Lipinski definition) is 7. The number of benzene rings is 1. The molecule has 2 aromatic rings. The number of anilines is 2. The van der Waals surface area contributed by atoms with Gasteiger partial charge in [-0.2, -0.15) is 4.98 Å². The molecular formula is C12H14N4O3. The number of rotatable bonds is 5. The van der Waals surface area contributed by atoms with E-state index in [2.05, 4.69) is 15.5 Å². The summed E-state index contributed by atoms with van der Waals surface area (Å²) in [5.41, 5.74) is 7.21. The van der Waals surface area contributed by atoms with Crippen LogP contribution in [0.15, 0.2) is 29.0 Å². The van der Waals surface area contributed by atoms with Gasteiger partial charge in [-0.25, -0.2) is 4.79 Å². The average molecular weight is 262 g/mol. The monoisotopic (exact) mass is 262 g/mol. The fraction of sp³-hybridized carbons (Fsp3) is 0.250. The zero-order valence-corrected chi connectivity index (χ0v) is 10.4. The quantitative estimate of drug-likeness (QED) is 0.614. The van der Waals surface area contributed by atoms with Crippen LogP contribution in [0.1, 0.15) is 16.2 Å². The lowest BCUT2D eigenvalue weighted by Gasteiger charge is -2.10. The minimum absolute atomic E-state index is 0.396. The highest BCUT2D eigenvalue weighted by Crippen LogP contribution is 2.19. The number of nitrogens with zero attached hydrogens (tertiary/aromatic N) is 2. The highest BCUT2D eigenvalue weighted by Gasteiger charge is 2.12. The van der Waals surface area contributed by atoms with Crippen LogP contribution >= 0.6 is 0 Å². The number of carbonyl (C=O) groups excluding carboxylic acids is 1. The molecule has 2 rings (SSSR count). The zero-order chi connectivity index (χ0) is 13.7. The maximum atomic E-state index is 11.6. The van der Waals surface area contributed by atoms with Gasteiger partial charge in [-0.05, 0) is 18.2 Å². The molecule has 1 heterocycles. The normalized spacial score (nSPS) is 10.2. The van der Waals surface area contributed by atoms with Crippen molar-refractivity contribution in [3.63, 3.8) is 0 Å². The second-order valence-corrected chi connectivity index (χ2v) is 3.81. The van der Waals surface area contributed by atoms with E-state index in [-0.39, 0.29) is 0 Å². The second-order valence-electron chi connectivity index (χ2n) is 3.81. The maximum Gasteiger partial charge on any atom is 0.340 e. The van der Waals surface area contributed by atoms with Crippen LogP contribution in [-0.4, -0.2) is 29.8 Å². The summed E-state index contributed by atoms with van der Waals surface area (Å²) in [5, 5.41) is 6.62. The Kier molecular flexibility index (Phi) is 3.97. The predicted octanol–water partition coefficient (Wildman–Crippen LogP) is 1.09. The first-order valence-electron chi connectivity index (χ1n) is 5.68. The van der Waals surface area contributed by atoms with E-state index in [0.29, 0.717) is 35.8 Å². The maximum absolute atomic E-state index is 11.6. The van der Waals surface area contributed by atoms with Gasteiger partial charge in [0.1, 0.15) is 0 Å². The molecule has 0 aliphatic heterocycles. The first-order chi connectivity index (χ1) is 9.20. The highest BCUT2D eigenvalue weighted by atomic mass is 16.5. The van der Waals surface area contributed by atoms with Gasteiger partial charge in [-0.3, -0.25) is 0 Å². The predicted molar refractivity (Wildman–Crippen MR) is 68.7 cm³/mol. The molecule has 0 atom stereocenters. The van der Waals surface area contributed by atoms with E-state index in [1.807, 2.05) is 0 Å². The van der Waals surface area contributed by atoms with Gasteiger partial charge in [-0.15, -0.1) is 0 Å². The molecule has 1 aromatic heterocycles. The molecule has 0 unspecified atom stereocenters. The Morgan fingerprint density at radius 3 is 3.05 bits per heavy atom. The third kappa shape index (κ3) is 3.21. The van der Waals surface area contributed by atoms with Crippen molar-refractivity contribution in [3.8, 4) is 0 Å². The molecule has 100 valence electrons. The van der Waals surface area contributed by atoms with Gasteiger partial charge in [0.25, 0.3) is 0 Å². The van der Waals surface area contributed by atoms with Gasteiger partial charge in [0.2, 0.25) is 5.89 Å². The Bertz CT molecular complexity index is 554. The first kappa shape index (κ1) is 12.9. The molecule has 0 saturated carbocycles. The van der Waals surface area contributed by atoms with Crippen molar-refractivity contribution in [2.75, 3.05) is 24.7 Å². The molecule has 0 bridgehead atoms. The Labute approximate surface area is 109 Å². The van der Waals surface area contributed by atoms with E-state index in [0.717, 1.165) is 0 Å². The molecule has 0 spiro atoms. The number of aromatic nitrogens is 2. The minimum atomic E-state index is -0.437. The summed E-state index contributed by atoms with van der Waals surface area (Å²) in [6, 6.07) is 5.01. The van der Waals surface area contributed by atoms with Crippen molar-refractivity contribution in [2.24, 2.45) is 0 Å². The Balaban J connectivity index is 2.04. The molecule has 0 aliphatic rings. The van der Waals surface area contributed by atoms with Gasteiger partial charge in [0, 0.05) is 24.3 Å². The number of methoxy groups -OCH3 is 1. The van der Waals surface area contributed by atoms with E-state index in [9.17, 15) is 4.79 Å². The van der Waals surface area contributed by atoms with Crippen LogP contribution in [0, 0.1) is 0 Å². The number of ether oxygens (including phenoxy) is 1. The first-order valence-corrected chi connectivity index (χ1v) is 5.68. The van der Waals surface area contributed by atoms with Crippen molar-refractivity contribution in [1.82, 2.24) is 10.1 Å². The van der Waals surface area contributed by atoms with E-state index >= 15 is 0 Å². The Hall–Kier alpha value is -2.57. The third-order valence-electron chi connectivity index (χ3n) is 2.51. The molecule has 0 amide bonds. The average Bonchev–Trinajstić information content (AvgIpc) is 2.92. The van der Waals surface area contributed by atoms with Crippen LogP contribution in [-0.2, 0) is 11.2 Å². The van der Waals surface area contributed by atoms with Gasteiger partial charge in [0.05, 0.1) is 12.7 Å². The number of hydrogen-bond donors (Lipinski definition) is 2. The van der Waals surface area contributed by atoms with Crippen molar-refractivity contribution in [1.29, 1.82) is 0 Å². The summed E-state index contributed by atoms with van der Waals surface area (Å²) >= 11 is 0. The number of esters is 1. The fourth-order valence-corrected chi connectivity index (χ4v) is 1.61. The summed E-state index contributed by atoms with van der Waals surface area (Å²) in [4.78, 5) is 15.5. The van der Waals surface area contributed by atoms with Crippen LogP contribution in [0.3, 0.4) is 0 Å². The molecule has 0 aliphatic carbocycles. The van der Waals surface area contributed by atoms with E-state index < -0.39 is 5.97 Å². The van der Waals surface area contributed by atoms with Gasteiger partial charge < -0.3 is 20.3 Å². The standard InChI is InChI=1S/C12H14N4O3/c1-18-12(17)9-6-8(13)2-3-10(9)14-5-4-11-15-7-16-19-11/h2-3,6-7,14H,4-5,13H2,1H3. The molecule has 0 fully saturated rings. The van der Waals surface area contributed by atoms with Crippen LogP contribution in [0.4, 0.5) is 11.4 Å². The largest absolute Gasteiger partial charge is 0.465 e. The Morgan fingerprint density at radius 2 is 2.37 bits per heavy atom. The van der Waals surface area contributed by atoms with E-state index in [1.54, 1.807) is 18.2 Å². The van der Waals surface area contributed by atoms with Crippen molar-refractivity contribution in [3.05, 3.63) is 36.0 Å².